The average molecular weight is 221 g/mol. The van der Waals surface area contributed by atoms with E-state index in [9.17, 15) is 4.79 Å². The zero-order valence-corrected chi connectivity index (χ0v) is 8.90. The van der Waals surface area contributed by atoms with E-state index in [0.29, 0.717) is 10.8 Å². The minimum Gasteiger partial charge on any atom is -0.274 e. The number of carbonyl (C=O) groups is 1. The molecule has 1 aromatic carbocycles. The van der Waals surface area contributed by atoms with Crippen LogP contribution in [0.3, 0.4) is 0 Å². The Balaban J connectivity index is 2.49. The first-order valence-corrected chi connectivity index (χ1v) is 4.86. The van der Waals surface area contributed by atoms with E-state index in [-0.39, 0.29) is 5.91 Å². The van der Waals surface area contributed by atoms with Crippen LogP contribution in [0.1, 0.15) is 11.7 Å². The largest absolute Gasteiger partial charge is 0.274 e. The lowest BCUT2D eigenvalue weighted by Crippen LogP contribution is -2.05. The van der Waals surface area contributed by atoms with E-state index in [4.69, 9.17) is 11.6 Å². The van der Waals surface area contributed by atoms with Gasteiger partial charge in [-0.05, 0) is 24.3 Å². The molecule has 0 N–H and O–H groups in total. The predicted octanol–water partition coefficient (Wildman–Crippen LogP) is 2.86. The van der Waals surface area contributed by atoms with Crippen LogP contribution in [-0.4, -0.2) is 15.5 Å². The van der Waals surface area contributed by atoms with E-state index in [1.165, 1.54) is 11.5 Å². The Morgan fingerprint density at radius 1 is 1.33 bits per heavy atom. The molecule has 3 nitrogen and oxygen atoms in total. The number of aromatic nitrogens is 2. The van der Waals surface area contributed by atoms with Crippen molar-refractivity contribution in [3.8, 4) is 11.4 Å². The molecule has 2 aromatic rings. The van der Waals surface area contributed by atoms with Gasteiger partial charge in [0.25, 0.3) is 0 Å². The fourth-order valence-corrected chi connectivity index (χ4v) is 1.50. The molecule has 1 heterocycles. The second-order valence-corrected chi connectivity index (χ2v) is 3.58. The summed E-state index contributed by atoms with van der Waals surface area (Å²) in [5, 5.41) is 0.666. The van der Waals surface area contributed by atoms with Crippen molar-refractivity contribution in [2.45, 2.75) is 6.92 Å². The third-order valence-electron chi connectivity index (χ3n) is 2.08. The van der Waals surface area contributed by atoms with Crippen LogP contribution in [0, 0.1) is 0 Å². The van der Waals surface area contributed by atoms with Crippen LogP contribution in [0.2, 0.25) is 5.02 Å². The van der Waals surface area contributed by atoms with E-state index in [0.717, 1.165) is 5.56 Å². The Bertz CT molecular complexity index is 488. The molecule has 0 saturated heterocycles. The van der Waals surface area contributed by atoms with Gasteiger partial charge in [-0.1, -0.05) is 11.6 Å². The van der Waals surface area contributed by atoms with Gasteiger partial charge in [0.05, 0.1) is 0 Å². The number of rotatable bonds is 1. The Hall–Kier alpha value is -1.61. The van der Waals surface area contributed by atoms with Gasteiger partial charge in [-0.25, -0.2) is 4.98 Å². The van der Waals surface area contributed by atoms with Gasteiger partial charge in [0.1, 0.15) is 5.82 Å². The Morgan fingerprint density at radius 2 is 2.00 bits per heavy atom. The highest BCUT2D eigenvalue weighted by molar-refractivity contribution is 6.30. The van der Waals surface area contributed by atoms with E-state index in [1.54, 1.807) is 24.5 Å². The fraction of sp³-hybridized carbons (Fsp3) is 0.0909. The number of hydrogen-bond donors (Lipinski definition) is 0. The van der Waals surface area contributed by atoms with Crippen molar-refractivity contribution in [3.63, 3.8) is 0 Å². The summed E-state index contributed by atoms with van der Waals surface area (Å²) in [6.07, 6.45) is 3.25. The molecule has 15 heavy (non-hydrogen) atoms. The predicted molar refractivity (Wildman–Crippen MR) is 59.0 cm³/mol. The van der Waals surface area contributed by atoms with Crippen LogP contribution in [0.15, 0.2) is 36.7 Å². The van der Waals surface area contributed by atoms with Crippen LogP contribution in [0.5, 0.6) is 0 Å². The molecule has 0 bridgehead atoms. The molecule has 0 aliphatic carbocycles. The topological polar surface area (TPSA) is 34.9 Å². The molecule has 4 heteroatoms. The van der Waals surface area contributed by atoms with Crippen LogP contribution < -0.4 is 0 Å². The molecule has 2 rings (SSSR count). The Morgan fingerprint density at radius 3 is 2.60 bits per heavy atom. The number of nitrogens with zero attached hydrogens (tertiary/aromatic N) is 2. The van der Waals surface area contributed by atoms with Crippen molar-refractivity contribution in [3.05, 3.63) is 41.7 Å². The summed E-state index contributed by atoms with van der Waals surface area (Å²) in [6, 6.07) is 7.22. The van der Waals surface area contributed by atoms with E-state index in [2.05, 4.69) is 4.98 Å². The molecular formula is C11H9ClN2O. The summed E-state index contributed by atoms with van der Waals surface area (Å²) in [6.45, 7) is 1.50. The Labute approximate surface area is 92.3 Å². The van der Waals surface area contributed by atoms with Crippen LogP contribution in [0.4, 0.5) is 0 Å². The molecule has 0 atom stereocenters. The van der Waals surface area contributed by atoms with E-state index < -0.39 is 0 Å². The van der Waals surface area contributed by atoms with E-state index in [1.807, 2.05) is 12.1 Å². The lowest BCUT2D eigenvalue weighted by molar-refractivity contribution is 0.0938. The molecule has 0 saturated carbocycles. The van der Waals surface area contributed by atoms with Gasteiger partial charge in [-0.15, -0.1) is 0 Å². The van der Waals surface area contributed by atoms with Gasteiger partial charge in [0.15, 0.2) is 0 Å². The van der Waals surface area contributed by atoms with Crippen molar-refractivity contribution >= 4 is 17.5 Å². The fourth-order valence-electron chi connectivity index (χ4n) is 1.37. The summed E-state index contributed by atoms with van der Waals surface area (Å²) < 4.78 is 1.50. The quantitative estimate of drug-likeness (QED) is 0.741. The molecule has 0 spiro atoms. The standard InChI is InChI=1S/C11H9ClN2O/c1-8(15)14-7-6-13-11(14)9-2-4-10(12)5-3-9/h2-7H,1H3. The first-order chi connectivity index (χ1) is 7.18. The number of carbonyl (C=O) groups excluding carboxylic acids is 1. The van der Waals surface area contributed by atoms with E-state index >= 15 is 0 Å². The number of hydrogen-bond acceptors (Lipinski definition) is 2. The zero-order valence-electron chi connectivity index (χ0n) is 8.14. The molecule has 0 aliphatic rings. The maximum Gasteiger partial charge on any atom is 0.229 e. The zero-order chi connectivity index (χ0) is 10.8. The molecule has 0 amide bonds. The summed E-state index contributed by atoms with van der Waals surface area (Å²) in [5.74, 6) is 0.580. The molecule has 76 valence electrons. The van der Waals surface area contributed by atoms with Gasteiger partial charge >= 0.3 is 0 Å². The lowest BCUT2D eigenvalue weighted by Gasteiger charge is -2.03. The monoisotopic (exact) mass is 220 g/mol. The molecule has 0 aliphatic heterocycles. The molecule has 0 radical (unpaired) electrons. The minimum atomic E-state index is -0.0579. The van der Waals surface area contributed by atoms with Gasteiger partial charge < -0.3 is 0 Å². The highest BCUT2D eigenvalue weighted by atomic mass is 35.5. The van der Waals surface area contributed by atoms with Crippen molar-refractivity contribution in [1.29, 1.82) is 0 Å². The van der Waals surface area contributed by atoms with Crippen LogP contribution in [-0.2, 0) is 0 Å². The van der Waals surface area contributed by atoms with Crippen molar-refractivity contribution in [2.75, 3.05) is 0 Å². The molecule has 0 unspecified atom stereocenters. The minimum absolute atomic E-state index is 0.0579. The van der Waals surface area contributed by atoms with Gasteiger partial charge in [0, 0.05) is 29.9 Å². The number of benzene rings is 1. The second-order valence-electron chi connectivity index (χ2n) is 3.15. The number of imidazole rings is 1. The van der Waals surface area contributed by atoms with Crippen LogP contribution >= 0.6 is 11.6 Å². The maximum absolute atomic E-state index is 11.3. The van der Waals surface area contributed by atoms with Gasteiger partial charge in [0.2, 0.25) is 5.91 Å². The second kappa shape index (κ2) is 3.87. The average Bonchev–Trinajstić information content (AvgIpc) is 2.67. The smallest absolute Gasteiger partial charge is 0.229 e. The summed E-state index contributed by atoms with van der Waals surface area (Å²) in [7, 11) is 0. The first-order valence-electron chi connectivity index (χ1n) is 4.49. The third kappa shape index (κ3) is 1.92. The Kier molecular flexibility index (Phi) is 2.56. The van der Waals surface area contributed by atoms with Crippen molar-refractivity contribution < 1.29 is 4.79 Å². The lowest BCUT2D eigenvalue weighted by atomic mass is 10.2. The third-order valence-corrected chi connectivity index (χ3v) is 2.33. The van der Waals surface area contributed by atoms with Crippen molar-refractivity contribution in [2.24, 2.45) is 0 Å². The molecular weight excluding hydrogens is 212 g/mol. The van der Waals surface area contributed by atoms with Gasteiger partial charge in [-0.3, -0.25) is 9.36 Å². The highest BCUT2D eigenvalue weighted by Crippen LogP contribution is 2.19. The maximum atomic E-state index is 11.3. The molecule has 1 aromatic heterocycles. The summed E-state index contributed by atoms with van der Waals surface area (Å²) in [5.41, 5.74) is 0.875. The number of halogens is 1. The highest BCUT2D eigenvalue weighted by Gasteiger charge is 2.08. The summed E-state index contributed by atoms with van der Waals surface area (Å²) in [4.78, 5) is 15.4. The normalized spacial score (nSPS) is 10.3. The van der Waals surface area contributed by atoms with Crippen molar-refractivity contribution in [1.82, 2.24) is 9.55 Å². The first kappa shape index (κ1) is 9.93. The molecule has 0 fully saturated rings. The van der Waals surface area contributed by atoms with Gasteiger partial charge in [-0.2, -0.15) is 0 Å². The summed E-state index contributed by atoms with van der Waals surface area (Å²) >= 11 is 5.78. The SMILES string of the molecule is CC(=O)n1ccnc1-c1ccc(Cl)cc1. The van der Waals surface area contributed by atoms with Crippen LogP contribution in [0.25, 0.3) is 11.4 Å².